The van der Waals surface area contributed by atoms with Gasteiger partial charge in [0.25, 0.3) is 0 Å². The van der Waals surface area contributed by atoms with Gasteiger partial charge in [0.2, 0.25) is 0 Å². The van der Waals surface area contributed by atoms with E-state index in [1.807, 2.05) is 13.0 Å². The molecule has 0 aromatic heterocycles. The number of rotatable bonds is 6. The van der Waals surface area contributed by atoms with E-state index in [0.717, 1.165) is 25.9 Å². The lowest BCUT2D eigenvalue weighted by Gasteiger charge is -2.24. The zero-order valence-electron chi connectivity index (χ0n) is 10.8. The third-order valence-electron chi connectivity index (χ3n) is 3.87. The Morgan fingerprint density at radius 3 is 2.71 bits per heavy atom. The number of nitrogens with one attached hydrogen (secondary N) is 1. The summed E-state index contributed by atoms with van der Waals surface area (Å²) in [6.07, 6.45) is 1.97. The fourth-order valence-electron chi connectivity index (χ4n) is 2.65. The molecule has 94 valence electrons. The lowest BCUT2D eigenvalue weighted by atomic mass is 9.93. The maximum Gasteiger partial charge on any atom is 0.0665 e. The van der Waals surface area contributed by atoms with Gasteiger partial charge in [0, 0.05) is 0 Å². The van der Waals surface area contributed by atoms with Gasteiger partial charge in [0.05, 0.1) is 5.60 Å². The van der Waals surface area contributed by atoms with Gasteiger partial charge in [0.15, 0.2) is 0 Å². The van der Waals surface area contributed by atoms with Crippen molar-refractivity contribution in [1.82, 2.24) is 5.32 Å². The maximum absolute atomic E-state index is 10.5. The molecule has 0 spiro atoms. The van der Waals surface area contributed by atoms with Crippen LogP contribution in [0.4, 0.5) is 0 Å². The summed E-state index contributed by atoms with van der Waals surface area (Å²) in [6, 6.07) is 10.6. The summed E-state index contributed by atoms with van der Waals surface area (Å²) in [7, 11) is 0. The van der Waals surface area contributed by atoms with Gasteiger partial charge in [-0.1, -0.05) is 37.3 Å². The molecule has 1 aliphatic rings. The Bertz CT molecular complexity index is 347. The maximum atomic E-state index is 10.5. The molecule has 0 amide bonds. The summed E-state index contributed by atoms with van der Waals surface area (Å²) in [5.41, 5.74) is 0.851. The molecule has 2 heteroatoms. The number of aliphatic hydroxyl groups is 1. The highest BCUT2D eigenvalue weighted by molar-refractivity contribution is 5.27. The Morgan fingerprint density at radius 2 is 2.06 bits per heavy atom. The summed E-state index contributed by atoms with van der Waals surface area (Å²) in [5.74, 6) is 0.997. The van der Waals surface area contributed by atoms with Gasteiger partial charge in [-0.15, -0.1) is 0 Å². The van der Waals surface area contributed by atoms with E-state index in [9.17, 15) is 5.11 Å². The highest BCUT2D eigenvalue weighted by Crippen LogP contribution is 2.54. The van der Waals surface area contributed by atoms with Crippen molar-refractivity contribution >= 4 is 0 Å². The predicted molar refractivity (Wildman–Crippen MR) is 71.1 cm³/mol. The highest BCUT2D eigenvalue weighted by atomic mass is 16.3. The van der Waals surface area contributed by atoms with Crippen molar-refractivity contribution in [2.75, 3.05) is 13.1 Å². The van der Waals surface area contributed by atoms with Crippen LogP contribution < -0.4 is 5.32 Å². The van der Waals surface area contributed by atoms with Crippen molar-refractivity contribution in [1.29, 1.82) is 0 Å². The zero-order valence-corrected chi connectivity index (χ0v) is 10.8. The molecular formula is C15H23NO. The Balaban J connectivity index is 1.89. The molecule has 1 aromatic carbocycles. The molecule has 2 rings (SSSR count). The summed E-state index contributed by atoms with van der Waals surface area (Å²) < 4.78 is 0. The fourth-order valence-corrected chi connectivity index (χ4v) is 2.65. The first-order valence-electron chi connectivity index (χ1n) is 6.63. The molecule has 3 unspecified atom stereocenters. The van der Waals surface area contributed by atoms with Gasteiger partial charge in [0.1, 0.15) is 0 Å². The SMILES string of the molecule is CCNCCC(C)(O)C1CC1c1ccccc1. The van der Waals surface area contributed by atoms with Gasteiger partial charge in [-0.25, -0.2) is 0 Å². The average molecular weight is 233 g/mol. The lowest BCUT2D eigenvalue weighted by molar-refractivity contribution is 0.0265. The number of hydrogen-bond donors (Lipinski definition) is 2. The summed E-state index contributed by atoms with van der Waals surface area (Å²) >= 11 is 0. The first-order valence-corrected chi connectivity index (χ1v) is 6.63. The van der Waals surface area contributed by atoms with Crippen LogP contribution in [0.15, 0.2) is 30.3 Å². The second-order valence-electron chi connectivity index (χ2n) is 5.32. The minimum atomic E-state index is -0.525. The van der Waals surface area contributed by atoms with E-state index in [-0.39, 0.29) is 0 Å². The molecule has 0 aliphatic heterocycles. The van der Waals surface area contributed by atoms with E-state index in [0.29, 0.717) is 11.8 Å². The molecule has 0 heterocycles. The summed E-state index contributed by atoms with van der Waals surface area (Å²) in [6.45, 7) is 5.96. The Kier molecular flexibility index (Phi) is 3.85. The largest absolute Gasteiger partial charge is 0.390 e. The van der Waals surface area contributed by atoms with Crippen LogP contribution in [0.3, 0.4) is 0 Å². The van der Waals surface area contributed by atoms with E-state index in [1.165, 1.54) is 5.56 Å². The van der Waals surface area contributed by atoms with Crippen molar-refractivity contribution < 1.29 is 5.11 Å². The minimum absolute atomic E-state index is 0.434. The molecule has 3 atom stereocenters. The van der Waals surface area contributed by atoms with Crippen LogP contribution in [0, 0.1) is 5.92 Å². The first-order chi connectivity index (χ1) is 8.15. The highest BCUT2D eigenvalue weighted by Gasteiger charge is 2.49. The van der Waals surface area contributed by atoms with Crippen LogP contribution in [-0.4, -0.2) is 23.8 Å². The van der Waals surface area contributed by atoms with Crippen molar-refractivity contribution in [3.05, 3.63) is 35.9 Å². The van der Waals surface area contributed by atoms with Crippen LogP contribution in [0.1, 0.15) is 38.2 Å². The van der Waals surface area contributed by atoms with Gasteiger partial charge in [-0.3, -0.25) is 0 Å². The van der Waals surface area contributed by atoms with E-state index in [1.54, 1.807) is 0 Å². The molecule has 17 heavy (non-hydrogen) atoms. The molecular weight excluding hydrogens is 210 g/mol. The van der Waals surface area contributed by atoms with Crippen molar-refractivity contribution in [2.45, 2.75) is 38.2 Å². The molecule has 2 N–H and O–H groups in total. The smallest absolute Gasteiger partial charge is 0.0665 e. The molecule has 2 nitrogen and oxygen atoms in total. The van der Waals surface area contributed by atoms with Gasteiger partial charge >= 0.3 is 0 Å². The van der Waals surface area contributed by atoms with E-state index < -0.39 is 5.60 Å². The van der Waals surface area contributed by atoms with Crippen molar-refractivity contribution in [2.24, 2.45) is 5.92 Å². The Labute approximate surface area is 104 Å². The molecule has 1 aliphatic carbocycles. The van der Waals surface area contributed by atoms with Gasteiger partial charge in [-0.05, 0) is 50.3 Å². The number of hydrogen-bond acceptors (Lipinski definition) is 2. The second-order valence-corrected chi connectivity index (χ2v) is 5.32. The second kappa shape index (κ2) is 5.19. The Morgan fingerprint density at radius 1 is 1.35 bits per heavy atom. The monoisotopic (exact) mass is 233 g/mol. The summed E-state index contributed by atoms with van der Waals surface area (Å²) in [5, 5.41) is 13.8. The average Bonchev–Trinajstić information content (AvgIpc) is 3.11. The topological polar surface area (TPSA) is 32.3 Å². The van der Waals surface area contributed by atoms with Crippen molar-refractivity contribution in [3.8, 4) is 0 Å². The Hall–Kier alpha value is -0.860. The molecule has 0 saturated heterocycles. The van der Waals surface area contributed by atoms with Gasteiger partial charge < -0.3 is 10.4 Å². The standard InChI is InChI=1S/C15H23NO/c1-3-16-10-9-15(2,17)14-11-13(14)12-7-5-4-6-8-12/h4-8,13-14,16-17H,3,9-11H2,1-2H3. The van der Waals surface area contributed by atoms with Crippen LogP contribution >= 0.6 is 0 Å². The van der Waals surface area contributed by atoms with Crippen molar-refractivity contribution in [3.63, 3.8) is 0 Å². The van der Waals surface area contributed by atoms with Crippen LogP contribution in [0.5, 0.6) is 0 Å². The molecule has 0 radical (unpaired) electrons. The predicted octanol–water partition coefficient (Wildman–Crippen LogP) is 2.54. The molecule has 1 fully saturated rings. The van der Waals surface area contributed by atoms with E-state index in [4.69, 9.17) is 0 Å². The third-order valence-corrected chi connectivity index (χ3v) is 3.87. The first kappa shape index (κ1) is 12.6. The molecule has 1 aromatic rings. The van der Waals surface area contributed by atoms with E-state index >= 15 is 0 Å². The lowest BCUT2D eigenvalue weighted by Crippen LogP contribution is -2.32. The third kappa shape index (κ3) is 3.08. The number of benzene rings is 1. The minimum Gasteiger partial charge on any atom is -0.390 e. The quantitative estimate of drug-likeness (QED) is 0.740. The van der Waals surface area contributed by atoms with Gasteiger partial charge in [-0.2, -0.15) is 0 Å². The van der Waals surface area contributed by atoms with E-state index in [2.05, 4.69) is 36.5 Å². The van der Waals surface area contributed by atoms with Crippen LogP contribution in [0.25, 0.3) is 0 Å². The van der Waals surface area contributed by atoms with Crippen LogP contribution in [-0.2, 0) is 0 Å². The fraction of sp³-hybridized carbons (Fsp3) is 0.600. The zero-order chi connectivity index (χ0) is 12.3. The normalized spacial score (nSPS) is 26.5. The summed E-state index contributed by atoms with van der Waals surface area (Å²) in [4.78, 5) is 0. The molecule has 1 saturated carbocycles. The molecule has 0 bridgehead atoms. The van der Waals surface area contributed by atoms with Crippen LogP contribution in [0.2, 0.25) is 0 Å².